The van der Waals surface area contributed by atoms with Gasteiger partial charge in [0, 0.05) is 0 Å². The highest BCUT2D eigenvalue weighted by atomic mass is 19.4. The molecule has 0 amide bonds. The van der Waals surface area contributed by atoms with Crippen LogP contribution >= 0.6 is 0 Å². The summed E-state index contributed by atoms with van der Waals surface area (Å²) >= 11 is 0. The Kier molecular flexibility index (Phi) is 10.6. The Morgan fingerprint density at radius 3 is 1.11 bits per heavy atom. The minimum absolute atomic E-state index is 0.210. The van der Waals surface area contributed by atoms with Crippen LogP contribution in [0.2, 0.25) is 0 Å². The molecule has 0 heterocycles. The average Bonchev–Trinajstić information content (AvgIpc) is 2.73. The second-order valence-corrected chi connectivity index (χ2v) is 8.28. The SMILES string of the molecule is O=C(O)c1ccc(CCOC(C(F)(F)F)(C(F)(F)F)C(F)(F)F)c(CCOC(C(F)(F)F)(C(F)(F)F)C(F)(F)F)c1C(=O)O. The van der Waals surface area contributed by atoms with E-state index in [1.165, 1.54) is 0 Å². The topological polar surface area (TPSA) is 93.1 Å². The lowest BCUT2D eigenvalue weighted by atomic mass is 9.92. The number of rotatable bonds is 10. The fraction of sp³-hybridized carbons (Fsp3) is 0.600. The summed E-state index contributed by atoms with van der Waals surface area (Å²) in [6.45, 7) is -4.79. The first kappa shape index (κ1) is 38.8. The Morgan fingerprint density at radius 1 is 0.523 bits per heavy atom. The lowest BCUT2D eigenvalue weighted by Gasteiger charge is -2.38. The van der Waals surface area contributed by atoms with Gasteiger partial charge in [-0.25, -0.2) is 9.59 Å². The summed E-state index contributed by atoms with van der Waals surface area (Å²) < 4.78 is 242. The summed E-state index contributed by atoms with van der Waals surface area (Å²) in [5.41, 5.74) is -19.6. The van der Waals surface area contributed by atoms with E-state index in [0.29, 0.717) is 0 Å². The Bertz CT molecular complexity index is 1130. The van der Waals surface area contributed by atoms with Gasteiger partial charge in [0.25, 0.3) is 0 Å². The number of hydrogen-bond acceptors (Lipinski definition) is 4. The first-order chi connectivity index (χ1) is 19.3. The van der Waals surface area contributed by atoms with Crippen molar-refractivity contribution >= 4 is 11.9 Å². The highest BCUT2D eigenvalue weighted by Gasteiger charge is 2.86. The van der Waals surface area contributed by atoms with Crippen LogP contribution in [0.4, 0.5) is 79.0 Å². The molecule has 0 unspecified atom stereocenters. The predicted molar refractivity (Wildman–Crippen MR) is 101 cm³/mol. The lowest BCUT2D eigenvalue weighted by molar-refractivity contribution is -0.458. The molecule has 0 saturated carbocycles. The van der Waals surface area contributed by atoms with Crippen LogP contribution in [0.25, 0.3) is 0 Å². The van der Waals surface area contributed by atoms with Crippen molar-refractivity contribution in [2.24, 2.45) is 0 Å². The summed E-state index contributed by atoms with van der Waals surface area (Å²) in [5.74, 6) is -4.70. The van der Waals surface area contributed by atoms with Crippen molar-refractivity contribution < 1.29 is 108 Å². The van der Waals surface area contributed by atoms with E-state index in [0.717, 1.165) is 0 Å². The van der Waals surface area contributed by atoms with Crippen LogP contribution in [0.15, 0.2) is 12.1 Å². The Balaban J connectivity index is 3.73. The van der Waals surface area contributed by atoms with E-state index in [1.807, 2.05) is 0 Å². The molecule has 2 N–H and O–H groups in total. The number of halogens is 18. The van der Waals surface area contributed by atoms with Gasteiger partial charge in [0.1, 0.15) is 0 Å². The number of alkyl halides is 18. The maximum atomic E-state index is 13.1. The number of aromatic carboxylic acids is 2. The van der Waals surface area contributed by atoms with Gasteiger partial charge in [0.2, 0.25) is 0 Å². The molecule has 0 aromatic heterocycles. The molecule has 0 spiro atoms. The molecule has 1 aromatic rings. The van der Waals surface area contributed by atoms with Crippen LogP contribution < -0.4 is 0 Å². The van der Waals surface area contributed by atoms with Crippen molar-refractivity contribution in [1.29, 1.82) is 0 Å². The van der Waals surface area contributed by atoms with Crippen LogP contribution in [-0.2, 0) is 22.3 Å². The van der Waals surface area contributed by atoms with E-state index in [-0.39, 0.29) is 12.1 Å². The molecule has 1 rings (SSSR count). The summed E-state index contributed by atoms with van der Waals surface area (Å²) in [6.07, 6.45) is -47.4. The third kappa shape index (κ3) is 6.88. The summed E-state index contributed by atoms with van der Waals surface area (Å²) in [6, 6.07) is 0.455. The smallest absolute Gasteiger partial charge is 0.435 e. The Hall–Kier alpha value is -3.18. The van der Waals surface area contributed by atoms with Crippen molar-refractivity contribution in [3.63, 3.8) is 0 Å². The Morgan fingerprint density at radius 2 is 0.841 bits per heavy atom. The van der Waals surface area contributed by atoms with Crippen LogP contribution in [0.1, 0.15) is 31.8 Å². The number of carboxylic acid groups (broad SMARTS) is 2. The van der Waals surface area contributed by atoms with Crippen LogP contribution in [0, 0.1) is 0 Å². The zero-order valence-corrected chi connectivity index (χ0v) is 20.3. The van der Waals surface area contributed by atoms with Gasteiger partial charge in [-0.1, -0.05) is 6.07 Å². The van der Waals surface area contributed by atoms with Gasteiger partial charge in [-0.05, 0) is 30.0 Å². The normalized spacial score (nSPS) is 14.6. The van der Waals surface area contributed by atoms with E-state index >= 15 is 0 Å². The quantitative estimate of drug-likeness (QED) is 0.256. The molecule has 0 radical (unpaired) electrons. The zero-order chi connectivity index (χ0) is 35.1. The molecule has 0 fully saturated rings. The largest absolute Gasteiger partial charge is 0.478 e. The van der Waals surface area contributed by atoms with Gasteiger partial charge in [0.15, 0.2) is 0 Å². The second-order valence-electron chi connectivity index (χ2n) is 8.28. The van der Waals surface area contributed by atoms with Crippen molar-refractivity contribution in [2.45, 2.75) is 61.1 Å². The van der Waals surface area contributed by atoms with E-state index < -0.39 is 109 Å². The molecule has 0 bridgehead atoms. The number of ether oxygens (including phenoxy) is 2. The molecule has 0 saturated heterocycles. The monoisotopic (exact) mass is 690 g/mol. The van der Waals surface area contributed by atoms with Gasteiger partial charge in [-0.15, -0.1) is 0 Å². The van der Waals surface area contributed by atoms with Gasteiger partial charge in [-0.3, -0.25) is 0 Å². The van der Waals surface area contributed by atoms with Crippen molar-refractivity contribution in [3.8, 4) is 0 Å². The van der Waals surface area contributed by atoms with Crippen molar-refractivity contribution in [3.05, 3.63) is 34.4 Å². The van der Waals surface area contributed by atoms with Crippen molar-refractivity contribution in [2.75, 3.05) is 13.2 Å². The molecular weight excluding hydrogens is 678 g/mol. The molecule has 44 heavy (non-hydrogen) atoms. The first-order valence-electron chi connectivity index (χ1n) is 10.6. The maximum Gasteiger partial charge on any atom is 0.435 e. The second kappa shape index (κ2) is 12.0. The highest BCUT2D eigenvalue weighted by molar-refractivity contribution is 6.03. The minimum Gasteiger partial charge on any atom is -0.478 e. The Labute approximate surface area is 230 Å². The predicted octanol–water partition coefficient (Wildman–Crippen LogP) is 7.05. The molecule has 0 aliphatic carbocycles. The van der Waals surface area contributed by atoms with Crippen LogP contribution in [0.5, 0.6) is 0 Å². The molecule has 254 valence electrons. The van der Waals surface area contributed by atoms with Crippen LogP contribution in [-0.4, -0.2) is 83.6 Å². The summed E-state index contributed by atoms with van der Waals surface area (Å²) in [5, 5.41) is 18.4. The molecule has 0 atom stereocenters. The third-order valence-electron chi connectivity index (χ3n) is 5.61. The van der Waals surface area contributed by atoms with Crippen LogP contribution in [0.3, 0.4) is 0 Å². The number of carboxylic acids is 2. The fourth-order valence-electron chi connectivity index (χ4n) is 3.71. The van der Waals surface area contributed by atoms with E-state index in [4.69, 9.17) is 5.11 Å². The molecule has 0 aliphatic heterocycles. The fourth-order valence-corrected chi connectivity index (χ4v) is 3.71. The van der Waals surface area contributed by atoms with E-state index in [1.54, 1.807) is 0 Å². The van der Waals surface area contributed by atoms with Gasteiger partial charge in [-0.2, -0.15) is 79.0 Å². The number of hydrogen-bond donors (Lipinski definition) is 2. The van der Waals surface area contributed by atoms with E-state index in [9.17, 15) is 93.7 Å². The maximum absolute atomic E-state index is 13.1. The average molecular weight is 690 g/mol. The molecular formula is C20H12F18O6. The van der Waals surface area contributed by atoms with Crippen molar-refractivity contribution in [1.82, 2.24) is 0 Å². The van der Waals surface area contributed by atoms with Gasteiger partial charge < -0.3 is 19.7 Å². The highest BCUT2D eigenvalue weighted by Crippen LogP contribution is 2.56. The van der Waals surface area contributed by atoms with Gasteiger partial charge >= 0.3 is 60.2 Å². The third-order valence-corrected chi connectivity index (χ3v) is 5.61. The summed E-state index contributed by atoms with van der Waals surface area (Å²) in [4.78, 5) is 23.0. The number of benzene rings is 1. The molecule has 0 aliphatic rings. The molecule has 24 heteroatoms. The summed E-state index contributed by atoms with van der Waals surface area (Å²) in [7, 11) is 0. The van der Waals surface area contributed by atoms with E-state index in [2.05, 4.69) is 9.47 Å². The standard InChI is InChI=1S/C20H12F18O6/c21-15(22,23)13(16(24,25)26,17(27,28)29)43-5-3-7-1-2-9(11(39)40)10(12(41)42)8(7)4-6-44-14(18(30,31)32,19(33,34)35)20(36,37)38/h1-2H,3-6H2,(H,39,40)(H,41,42). The molecule has 6 nitrogen and oxygen atoms in total. The van der Waals surface area contributed by atoms with Gasteiger partial charge in [0.05, 0.1) is 24.3 Å². The zero-order valence-electron chi connectivity index (χ0n) is 20.3. The number of carbonyl (C=O) groups is 2. The molecule has 1 aromatic carbocycles. The minimum atomic E-state index is -7.31. The lowest BCUT2D eigenvalue weighted by Crippen LogP contribution is -2.68. The first-order valence-corrected chi connectivity index (χ1v) is 10.6.